The maximum atomic E-state index is 12.5. The Morgan fingerprint density at radius 1 is 1.43 bits per heavy atom. The van der Waals surface area contributed by atoms with Gasteiger partial charge in [0.1, 0.15) is 0 Å². The molecule has 1 heterocycles. The molecule has 1 atom stereocenters. The lowest BCUT2D eigenvalue weighted by atomic mass is 9.94. The number of aromatic nitrogens is 2. The molecule has 1 unspecified atom stereocenters. The minimum atomic E-state index is -0.112. The second kappa shape index (κ2) is 7.98. The minimum Gasteiger partial charge on any atom is -0.360 e. The van der Waals surface area contributed by atoms with Crippen molar-refractivity contribution >= 4 is 34.1 Å². The molecule has 2 rings (SSSR count). The van der Waals surface area contributed by atoms with Crippen molar-refractivity contribution in [3.05, 3.63) is 0 Å². The van der Waals surface area contributed by atoms with Crippen LogP contribution in [0.4, 0.5) is 5.13 Å². The molecule has 7 heteroatoms. The van der Waals surface area contributed by atoms with Gasteiger partial charge in [0, 0.05) is 19.6 Å². The lowest BCUT2D eigenvalue weighted by Gasteiger charge is -2.32. The highest BCUT2D eigenvalue weighted by atomic mass is 32.2. The van der Waals surface area contributed by atoms with Gasteiger partial charge in [-0.25, -0.2) is 0 Å². The Balaban J connectivity index is 1.88. The van der Waals surface area contributed by atoms with E-state index in [1.165, 1.54) is 42.4 Å². The summed E-state index contributed by atoms with van der Waals surface area (Å²) >= 11 is 3.01. The van der Waals surface area contributed by atoms with Crippen LogP contribution in [0.15, 0.2) is 4.34 Å². The summed E-state index contributed by atoms with van der Waals surface area (Å²) in [5.74, 6) is 0.201. The van der Waals surface area contributed by atoms with Crippen LogP contribution in [0, 0.1) is 0 Å². The van der Waals surface area contributed by atoms with Crippen LogP contribution in [-0.2, 0) is 4.79 Å². The quantitative estimate of drug-likeness (QED) is 0.812. The molecular weight excluding hydrogens is 304 g/mol. The lowest BCUT2D eigenvalue weighted by Crippen LogP contribution is -2.42. The molecule has 1 aromatic heterocycles. The van der Waals surface area contributed by atoms with Gasteiger partial charge in [-0.1, -0.05) is 42.4 Å². The summed E-state index contributed by atoms with van der Waals surface area (Å²) in [6, 6.07) is 0.418. The highest BCUT2D eigenvalue weighted by molar-refractivity contribution is 8.02. The molecular formula is C14H24N4OS2. The van der Waals surface area contributed by atoms with Gasteiger partial charge < -0.3 is 10.2 Å². The van der Waals surface area contributed by atoms with Crippen molar-refractivity contribution in [3.8, 4) is 0 Å². The van der Waals surface area contributed by atoms with E-state index in [1.807, 2.05) is 25.8 Å². The molecule has 0 bridgehead atoms. The maximum Gasteiger partial charge on any atom is 0.235 e. The van der Waals surface area contributed by atoms with Crippen LogP contribution in [0.1, 0.15) is 46.0 Å². The molecule has 1 aromatic rings. The molecule has 1 amide bonds. The highest BCUT2D eigenvalue weighted by Gasteiger charge is 2.26. The molecule has 0 aliphatic heterocycles. The number of amides is 1. The van der Waals surface area contributed by atoms with Crippen LogP contribution >= 0.6 is 23.1 Å². The van der Waals surface area contributed by atoms with Crippen molar-refractivity contribution in [3.63, 3.8) is 0 Å². The van der Waals surface area contributed by atoms with E-state index in [0.29, 0.717) is 6.04 Å². The normalized spacial score (nSPS) is 17.5. The van der Waals surface area contributed by atoms with Crippen LogP contribution in [0.2, 0.25) is 0 Å². The number of rotatable bonds is 6. The standard InChI is InChI=1S/C14H24N4OS2/c1-4-15-13-16-17-14(21-13)20-10(2)12(19)18(3)11-8-6-5-7-9-11/h10-11H,4-9H2,1-3H3,(H,15,16). The summed E-state index contributed by atoms with van der Waals surface area (Å²) in [6.07, 6.45) is 6.07. The number of carbonyl (C=O) groups is 1. The monoisotopic (exact) mass is 328 g/mol. The Bertz CT molecular complexity index is 460. The summed E-state index contributed by atoms with van der Waals surface area (Å²) in [7, 11) is 1.94. The molecule has 1 aliphatic rings. The Kier molecular flexibility index (Phi) is 6.29. The Hall–Kier alpha value is -0.820. The molecule has 0 saturated heterocycles. The lowest BCUT2D eigenvalue weighted by molar-refractivity contribution is -0.131. The van der Waals surface area contributed by atoms with E-state index in [2.05, 4.69) is 15.5 Å². The molecule has 1 N–H and O–H groups in total. The first-order valence-corrected chi connectivity index (χ1v) is 9.32. The van der Waals surface area contributed by atoms with E-state index >= 15 is 0 Å². The average molecular weight is 329 g/mol. The summed E-state index contributed by atoms with van der Waals surface area (Å²) in [6.45, 7) is 4.82. The second-order valence-corrected chi connectivity index (χ2v) is 7.97. The van der Waals surface area contributed by atoms with E-state index in [1.54, 1.807) is 0 Å². The van der Waals surface area contributed by atoms with Crippen LogP contribution < -0.4 is 5.32 Å². The van der Waals surface area contributed by atoms with Crippen molar-refractivity contribution in [2.45, 2.75) is 61.6 Å². The Morgan fingerprint density at radius 2 is 2.14 bits per heavy atom. The van der Waals surface area contributed by atoms with Crippen LogP contribution in [0.3, 0.4) is 0 Å². The van der Waals surface area contributed by atoms with Gasteiger partial charge >= 0.3 is 0 Å². The van der Waals surface area contributed by atoms with Gasteiger partial charge in [0.15, 0.2) is 4.34 Å². The van der Waals surface area contributed by atoms with Gasteiger partial charge in [-0.2, -0.15) is 0 Å². The number of nitrogens with one attached hydrogen (secondary N) is 1. The summed E-state index contributed by atoms with van der Waals surface area (Å²) < 4.78 is 0.851. The molecule has 1 fully saturated rings. The third kappa shape index (κ3) is 4.57. The zero-order chi connectivity index (χ0) is 15.2. The van der Waals surface area contributed by atoms with Crippen molar-refractivity contribution in [1.82, 2.24) is 15.1 Å². The number of carbonyl (C=O) groups excluding carboxylic acids is 1. The smallest absolute Gasteiger partial charge is 0.235 e. The zero-order valence-corrected chi connectivity index (χ0v) is 14.6. The first-order chi connectivity index (χ1) is 10.1. The van der Waals surface area contributed by atoms with Crippen molar-refractivity contribution in [1.29, 1.82) is 0 Å². The van der Waals surface area contributed by atoms with E-state index in [0.717, 1.165) is 28.9 Å². The van der Waals surface area contributed by atoms with Gasteiger partial charge in [0.05, 0.1) is 5.25 Å². The summed E-state index contributed by atoms with van der Waals surface area (Å²) in [4.78, 5) is 14.5. The second-order valence-electron chi connectivity index (χ2n) is 5.40. The van der Waals surface area contributed by atoms with E-state index in [9.17, 15) is 4.79 Å². The van der Waals surface area contributed by atoms with Crippen LogP contribution in [0.5, 0.6) is 0 Å². The SMILES string of the molecule is CCNc1nnc(SC(C)C(=O)N(C)C2CCCCC2)s1. The van der Waals surface area contributed by atoms with Gasteiger partial charge in [0.25, 0.3) is 0 Å². The minimum absolute atomic E-state index is 0.112. The first-order valence-electron chi connectivity index (χ1n) is 7.62. The van der Waals surface area contributed by atoms with Gasteiger partial charge in [-0.15, -0.1) is 10.2 Å². The molecule has 0 spiro atoms. The molecule has 0 radical (unpaired) electrons. The van der Waals surface area contributed by atoms with Gasteiger partial charge in [-0.05, 0) is 26.7 Å². The van der Waals surface area contributed by atoms with Crippen molar-refractivity contribution < 1.29 is 4.79 Å². The highest BCUT2D eigenvalue weighted by Crippen LogP contribution is 2.30. The number of nitrogens with zero attached hydrogens (tertiary/aromatic N) is 3. The molecule has 1 saturated carbocycles. The van der Waals surface area contributed by atoms with E-state index < -0.39 is 0 Å². The fourth-order valence-electron chi connectivity index (χ4n) is 2.62. The molecule has 0 aromatic carbocycles. The topological polar surface area (TPSA) is 58.1 Å². The number of hydrogen-bond donors (Lipinski definition) is 1. The Labute approximate surface area is 134 Å². The third-order valence-corrected chi connectivity index (χ3v) is 5.88. The fourth-order valence-corrected chi connectivity index (χ4v) is 4.68. The zero-order valence-electron chi connectivity index (χ0n) is 13.0. The molecule has 1 aliphatic carbocycles. The predicted molar refractivity (Wildman–Crippen MR) is 89.0 cm³/mol. The molecule has 21 heavy (non-hydrogen) atoms. The number of anilines is 1. The van der Waals surface area contributed by atoms with Crippen LogP contribution in [0.25, 0.3) is 0 Å². The molecule has 5 nitrogen and oxygen atoms in total. The van der Waals surface area contributed by atoms with Crippen molar-refractivity contribution in [2.75, 3.05) is 18.9 Å². The Morgan fingerprint density at radius 3 is 2.81 bits per heavy atom. The van der Waals surface area contributed by atoms with Gasteiger partial charge in [0.2, 0.25) is 11.0 Å². The maximum absolute atomic E-state index is 12.5. The fraction of sp³-hybridized carbons (Fsp3) is 0.786. The van der Waals surface area contributed by atoms with Gasteiger partial charge in [-0.3, -0.25) is 4.79 Å². The number of hydrogen-bond acceptors (Lipinski definition) is 6. The summed E-state index contributed by atoms with van der Waals surface area (Å²) in [5.41, 5.74) is 0. The summed E-state index contributed by atoms with van der Waals surface area (Å²) in [5, 5.41) is 12.0. The number of thioether (sulfide) groups is 1. The van der Waals surface area contributed by atoms with Crippen molar-refractivity contribution in [2.24, 2.45) is 0 Å². The largest absolute Gasteiger partial charge is 0.360 e. The first kappa shape index (κ1) is 16.5. The molecule has 118 valence electrons. The third-order valence-electron chi connectivity index (χ3n) is 3.83. The van der Waals surface area contributed by atoms with E-state index in [-0.39, 0.29) is 11.2 Å². The van der Waals surface area contributed by atoms with E-state index in [4.69, 9.17) is 0 Å². The average Bonchev–Trinajstić information content (AvgIpc) is 2.94. The van der Waals surface area contributed by atoms with Crippen LogP contribution in [-0.4, -0.2) is 45.9 Å². The predicted octanol–water partition coefficient (Wildman–Crippen LogP) is 3.24.